The van der Waals surface area contributed by atoms with Crippen molar-refractivity contribution in [1.82, 2.24) is 0 Å². The maximum Gasteiger partial charge on any atom is 0.306 e. The van der Waals surface area contributed by atoms with E-state index in [-0.39, 0.29) is 37.5 Å². The molecule has 0 N–H and O–H groups in total. The highest BCUT2D eigenvalue weighted by molar-refractivity contribution is 5.71. The summed E-state index contributed by atoms with van der Waals surface area (Å²) < 4.78 is 16.8. The van der Waals surface area contributed by atoms with Gasteiger partial charge in [-0.3, -0.25) is 14.4 Å². The van der Waals surface area contributed by atoms with E-state index in [0.717, 1.165) is 64.2 Å². The van der Waals surface area contributed by atoms with Gasteiger partial charge in [-0.05, 0) is 57.8 Å². The smallest absolute Gasteiger partial charge is 0.306 e. The van der Waals surface area contributed by atoms with Gasteiger partial charge in [-0.2, -0.15) is 0 Å². The van der Waals surface area contributed by atoms with E-state index in [9.17, 15) is 14.4 Å². The number of ether oxygens (including phenoxy) is 3. The lowest BCUT2D eigenvalue weighted by atomic mass is 10.0. The molecule has 0 aliphatic heterocycles. The van der Waals surface area contributed by atoms with Crippen molar-refractivity contribution in [3.63, 3.8) is 0 Å². The minimum atomic E-state index is -0.797. The Morgan fingerprint density at radius 3 is 0.908 bits per heavy atom. The first-order valence-corrected chi connectivity index (χ1v) is 28.1. The van der Waals surface area contributed by atoms with Crippen LogP contribution < -0.4 is 0 Å². The van der Waals surface area contributed by atoms with Crippen molar-refractivity contribution < 1.29 is 28.6 Å². The van der Waals surface area contributed by atoms with Gasteiger partial charge >= 0.3 is 17.9 Å². The van der Waals surface area contributed by atoms with E-state index in [2.05, 4.69) is 69.4 Å². The van der Waals surface area contributed by atoms with Crippen molar-refractivity contribution in [2.24, 2.45) is 0 Å². The molecule has 0 spiro atoms. The molecule has 0 bridgehead atoms. The van der Waals surface area contributed by atoms with Gasteiger partial charge in [-0.15, -0.1) is 0 Å². The Morgan fingerprint density at radius 2 is 0.569 bits per heavy atom. The Morgan fingerprint density at radius 1 is 0.308 bits per heavy atom. The van der Waals surface area contributed by atoms with E-state index in [1.165, 1.54) is 180 Å². The van der Waals surface area contributed by atoms with Gasteiger partial charge in [-0.25, -0.2) is 0 Å². The van der Waals surface area contributed by atoms with Crippen LogP contribution in [0, 0.1) is 0 Å². The van der Waals surface area contributed by atoms with Crippen molar-refractivity contribution in [3.8, 4) is 0 Å². The Kier molecular flexibility index (Phi) is 51.8. The van der Waals surface area contributed by atoms with E-state index >= 15 is 0 Å². The average molecular weight is 911 g/mol. The molecule has 0 aromatic carbocycles. The molecule has 0 saturated carbocycles. The minimum absolute atomic E-state index is 0.0906. The molecule has 0 amide bonds. The zero-order valence-electron chi connectivity index (χ0n) is 43.3. The van der Waals surface area contributed by atoms with Crippen LogP contribution >= 0.6 is 0 Å². The number of unbranched alkanes of at least 4 members (excludes halogenated alkanes) is 32. The highest BCUT2D eigenvalue weighted by atomic mass is 16.6. The maximum absolute atomic E-state index is 12.8. The van der Waals surface area contributed by atoms with Gasteiger partial charge in [0.15, 0.2) is 6.10 Å². The first-order valence-electron chi connectivity index (χ1n) is 28.1. The molecular weight excluding hydrogens is 805 g/mol. The Hall–Kier alpha value is -2.63. The summed E-state index contributed by atoms with van der Waals surface area (Å²) in [5, 5.41) is 0. The topological polar surface area (TPSA) is 78.9 Å². The van der Waals surface area contributed by atoms with E-state index in [1.54, 1.807) is 0 Å². The van der Waals surface area contributed by atoms with Crippen LogP contribution in [-0.4, -0.2) is 37.2 Å². The lowest BCUT2D eigenvalue weighted by Crippen LogP contribution is -2.30. The number of hydrogen-bond donors (Lipinski definition) is 0. The number of carbonyl (C=O) groups is 3. The van der Waals surface area contributed by atoms with Crippen molar-refractivity contribution in [2.75, 3.05) is 13.2 Å². The molecule has 0 heterocycles. The van der Waals surface area contributed by atoms with E-state index in [4.69, 9.17) is 14.2 Å². The fourth-order valence-electron chi connectivity index (χ4n) is 8.08. The van der Waals surface area contributed by atoms with Gasteiger partial charge in [0.05, 0.1) is 0 Å². The quantitative estimate of drug-likeness (QED) is 0.0262. The third-order valence-electron chi connectivity index (χ3n) is 12.3. The number of allylic oxidation sites excluding steroid dienone is 8. The third kappa shape index (κ3) is 52.2. The van der Waals surface area contributed by atoms with Crippen LogP contribution in [-0.2, 0) is 28.6 Å². The van der Waals surface area contributed by atoms with Crippen LogP contribution in [0.5, 0.6) is 0 Å². The predicted octanol–water partition coefficient (Wildman–Crippen LogP) is 18.7. The predicted molar refractivity (Wildman–Crippen MR) is 279 cm³/mol. The average Bonchev–Trinajstić information content (AvgIpc) is 3.30. The second kappa shape index (κ2) is 54.0. The molecule has 6 heteroatoms. The summed E-state index contributed by atoms with van der Waals surface area (Å²) in [5.74, 6) is -0.933. The van der Waals surface area contributed by atoms with Crippen LogP contribution in [0.1, 0.15) is 290 Å². The number of rotatable bonds is 51. The van der Waals surface area contributed by atoms with Crippen LogP contribution in [0.3, 0.4) is 0 Å². The summed E-state index contributed by atoms with van der Waals surface area (Å²) in [6, 6.07) is 0. The second-order valence-corrected chi connectivity index (χ2v) is 18.9. The normalized spacial score (nSPS) is 12.4. The van der Waals surface area contributed by atoms with Crippen LogP contribution in [0.15, 0.2) is 48.6 Å². The van der Waals surface area contributed by atoms with E-state index in [0.29, 0.717) is 19.3 Å². The van der Waals surface area contributed by atoms with Gasteiger partial charge < -0.3 is 14.2 Å². The summed E-state index contributed by atoms with van der Waals surface area (Å²) in [6.07, 6.45) is 65.3. The first kappa shape index (κ1) is 62.4. The molecule has 0 fully saturated rings. The zero-order chi connectivity index (χ0) is 47.2. The summed E-state index contributed by atoms with van der Waals surface area (Å²) in [6.45, 7) is 6.60. The van der Waals surface area contributed by atoms with Gasteiger partial charge in [-0.1, -0.05) is 262 Å². The fourth-order valence-corrected chi connectivity index (χ4v) is 8.08. The van der Waals surface area contributed by atoms with Gasteiger partial charge in [0.2, 0.25) is 0 Å². The molecule has 0 saturated heterocycles. The monoisotopic (exact) mass is 911 g/mol. The molecule has 1 atom stereocenters. The molecule has 378 valence electrons. The fraction of sp³-hybridized carbons (Fsp3) is 0.814. The zero-order valence-corrected chi connectivity index (χ0v) is 43.3. The molecule has 0 aromatic rings. The summed E-state index contributed by atoms with van der Waals surface area (Å²) >= 11 is 0. The number of esters is 3. The molecule has 0 rings (SSSR count). The SMILES string of the molecule is CCCCC/C=C\C/C=C\C/C=C\C/C=C\CCCC(=O)OC(COC(=O)CCCCCCCCCCCCCC)COC(=O)CCCCCCCCCCCCCCCCCCCC. The largest absolute Gasteiger partial charge is 0.462 e. The highest BCUT2D eigenvalue weighted by Crippen LogP contribution is 2.16. The minimum Gasteiger partial charge on any atom is -0.462 e. The van der Waals surface area contributed by atoms with Crippen LogP contribution in [0.25, 0.3) is 0 Å². The Balaban J connectivity index is 4.40. The van der Waals surface area contributed by atoms with Crippen molar-refractivity contribution >= 4 is 17.9 Å². The maximum atomic E-state index is 12.8. The van der Waals surface area contributed by atoms with Gasteiger partial charge in [0.25, 0.3) is 0 Å². The lowest BCUT2D eigenvalue weighted by Gasteiger charge is -2.18. The van der Waals surface area contributed by atoms with Crippen molar-refractivity contribution in [1.29, 1.82) is 0 Å². The molecule has 0 aliphatic carbocycles. The standard InChI is InChI=1S/C59H106O6/c1-4-7-10-13-16-19-22-25-27-29-31-32-34-37-40-43-46-49-52-58(61)64-55-56(54-63-57(60)51-48-45-42-39-36-24-21-18-15-12-9-6-3)65-59(62)53-50-47-44-41-38-35-33-30-28-26-23-20-17-14-11-8-5-2/h17,20,26,28,33,35,41,44,56H,4-16,18-19,21-25,27,29-32,34,36-40,42-43,45-55H2,1-3H3/b20-17-,28-26-,35-33-,44-41-. The number of hydrogen-bond acceptors (Lipinski definition) is 6. The molecule has 0 radical (unpaired) electrons. The molecule has 1 unspecified atom stereocenters. The molecule has 0 aromatic heterocycles. The third-order valence-corrected chi connectivity index (χ3v) is 12.3. The molecule has 6 nitrogen and oxygen atoms in total. The molecular formula is C59H106O6. The van der Waals surface area contributed by atoms with Crippen molar-refractivity contribution in [3.05, 3.63) is 48.6 Å². The van der Waals surface area contributed by atoms with E-state index in [1.807, 2.05) is 0 Å². The van der Waals surface area contributed by atoms with Crippen LogP contribution in [0.2, 0.25) is 0 Å². The Bertz CT molecular complexity index is 1140. The lowest BCUT2D eigenvalue weighted by molar-refractivity contribution is -0.167. The summed E-state index contributed by atoms with van der Waals surface area (Å²) in [7, 11) is 0. The second-order valence-electron chi connectivity index (χ2n) is 18.9. The first-order chi connectivity index (χ1) is 32.0. The summed E-state index contributed by atoms with van der Waals surface area (Å²) in [4.78, 5) is 38.0. The van der Waals surface area contributed by atoms with E-state index < -0.39 is 6.10 Å². The Labute approximate surface area is 403 Å². The van der Waals surface area contributed by atoms with Gasteiger partial charge in [0.1, 0.15) is 13.2 Å². The van der Waals surface area contributed by atoms with Crippen molar-refractivity contribution in [2.45, 2.75) is 297 Å². The van der Waals surface area contributed by atoms with Crippen LogP contribution in [0.4, 0.5) is 0 Å². The highest BCUT2D eigenvalue weighted by Gasteiger charge is 2.19. The number of carbonyl (C=O) groups excluding carboxylic acids is 3. The van der Waals surface area contributed by atoms with Gasteiger partial charge in [0, 0.05) is 19.3 Å². The molecule has 0 aliphatic rings. The summed E-state index contributed by atoms with van der Waals surface area (Å²) in [5.41, 5.74) is 0. The molecule has 65 heavy (non-hydrogen) atoms.